The normalized spacial score (nSPS) is 10.3. The molecule has 19 heavy (non-hydrogen) atoms. The lowest BCUT2D eigenvalue weighted by Crippen LogP contribution is -1.81. The summed E-state index contributed by atoms with van der Waals surface area (Å²) >= 11 is 7.17. The molecule has 0 saturated heterocycles. The number of H-pyrrole nitrogens is 1. The van der Waals surface area contributed by atoms with Crippen LogP contribution < -0.4 is 0 Å². The molecular formula is C11H5ClN6S. The highest BCUT2D eigenvalue weighted by Gasteiger charge is 2.15. The molecule has 0 atom stereocenters. The molecule has 0 bridgehead atoms. The van der Waals surface area contributed by atoms with Gasteiger partial charge in [-0.1, -0.05) is 35.1 Å². The van der Waals surface area contributed by atoms with Gasteiger partial charge in [0.25, 0.3) is 0 Å². The molecule has 3 rings (SSSR count). The summed E-state index contributed by atoms with van der Waals surface area (Å²) in [6, 6.07) is 9.24. The zero-order chi connectivity index (χ0) is 13.2. The van der Waals surface area contributed by atoms with Crippen LogP contribution in [0.25, 0.3) is 21.3 Å². The van der Waals surface area contributed by atoms with Crippen molar-refractivity contribution in [3.05, 3.63) is 35.0 Å². The zero-order valence-electron chi connectivity index (χ0n) is 9.33. The fraction of sp³-hybridized carbons (Fsp3) is 0. The average molecular weight is 289 g/mol. The molecule has 1 aromatic carbocycles. The van der Waals surface area contributed by atoms with Gasteiger partial charge in [0.1, 0.15) is 11.1 Å². The second kappa shape index (κ2) is 4.76. The molecular weight excluding hydrogens is 284 g/mol. The Kier molecular flexibility index (Phi) is 2.95. The Labute approximate surface area is 116 Å². The lowest BCUT2D eigenvalue weighted by Gasteiger charge is -1.93. The number of aromatic nitrogens is 5. The molecule has 3 aromatic rings. The van der Waals surface area contributed by atoms with Gasteiger partial charge in [-0.05, 0) is 12.1 Å². The Morgan fingerprint density at radius 1 is 1.11 bits per heavy atom. The Bertz CT molecular complexity index is 754. The van der Waals surface area contributed by atoms with Crippen molar-refractivity contribution in [2.45, 2.75) is 0 Å². The van der Waals surface area contributed by atoms with Crippen LogP contribution in [0.4, 0.5) is 0 Å². The first-order valence-corrected chi connectivity index (χ1v) is 6.38. The standard InChI is InChI=1S/C11H5ClN6S/c12-7-3-1-6(2-4-7)10-16-17-11(19-10)9-8(5-13)14-18-15-9/h1-4H,(H,14,15,18). The van der Waals surface area contributed by atoms with Crippen LogP contribution in [-0.2, 0) is 0 Å². The van der Waals surface area contributed by atoms with E-state index in [0.29, 0.717) is 15.7 Å². The molecule has 2 aromatic heterocycles. The van der Waals surface area contributed by atoms with E-state index in [9.17, 15) is 0 Å². The Balaban J connectivity index is 2.00. The van der Waals surface area contributed by atoms with Gasteiger partial charge >= 0.3 is 0 Å². The number of hydrogen-bond donors (Lipinski definition) is 1. The Morgan fingerprint density at radius 2 is 1.84 bits per heavy atom. The highest BCUT2D eigenvalue weighted by atomic mass is 35.5. The minimum atomic E-state index is 0.207. The van der Waals surface area contributed by atoms with E-state index < -0.39 is 0 Å². The van der Waals surface area contributed by atoms with Crippen LogP contribution in [0.2, 0.25) is 5.02 Å². The van der Waals surface area contributed by atoms with E-state index in [1.807, 2.05) is 18.2 Å². The van der Waals surface area contributed by atoms with Crippen molar-refractivity contribution in [1.29, 1.82) is 5.26 Å². The molecule has 0 aliphatic heterocycles. The molecule has 92 valence electrons. The first-order valence-electron chi connectivity index (χ1n) is 5.18. The van der Waals surface area contributed by atoms with E-state index in [1.54, 1.807) is 12.1 Å². The van der Waals surface area contributed by atoms with Gasteiger partial charge < -0.3 is 0 Å². The summed E-state index contributed by atoms with van der Waals surface area (Å²) in [7, 11) is 0. The smallest absolute Gasteiger partial charge is 0.192 e. The van der Waals surface area contributed by atoms with Gasteiger partial charge in [0.05, 0.1) is 0 Å². The maximum Gasteiger partial charge on any atom is 0.192 e. The number of hydrogen-bond acceptors (Lipinski definition) is 6. The van der Waals surface area contributed by atoms with Crippen molar-refractivity contribution in [1.82, 2.24) is 25.6 Å². The van der Waals surface area contributed by atoms with E-state index in [1.165, 1.54) is 11.3 Å². The fourth-order valence-corrected chi connectivity index (χ4v) is 2.45. The van der Waals surface area contributed by atoms with Crippen LogP contribution in [0.3, 0.4) is 0 Å². The zero-order valence-corrected chi connectivity index (χ0v) is 10.9. The van der Waals surface area contributed by atoms with Gasteiger partial charge in [-0.15, -0.1) is 15.3 Å². The van der Waals surface area contributed by atoms with E-state index in [2.05, 4.69) is 25.6 Å². The summed E-state index contributed by atoms with van der Waals surface area (Å²) in [4.78, 5) is 0. The van der Waals surface area contributed by atoms with E-state index >= 15 is 0 Å². The maximum atomic E-state index is 8.89. The molecule has 0 aliphatic carbocycles. The van der Waals surface area contributed by atoms with Crippen molar-refractivity contribution >= 4 is 22.9 Å². The number of halogens is 1. The molecule has 2 heterocycles. The van der Waals surface area contributed by atoms with Crippen LogP contribution in [0, 0.1) is 11.3 Å². The largest absolute Gasteiger partial charge is 0.196 e. The van der Waals surface area contributed by atoms with E-state index in [0.717, 1.165) is 10.6 Å². The SMILES string of the molecule is N#Cc1n[nH]nc1-c1nnc(-c2ccc(Cl)cc2)s1. The summed E-state index contributed by atoms with van der Waals surface area (Å²) < 4.78 is 0. The van der Waals surface area contributed by atoms with Crippen LogP contribution in [0.1, 0.15) is 5.69 Å². The van der Waals surface area contributed by atoms with E-state index in [4.69, 9.17) is 16.9 Å². The summed E-state index contributed by atoms with van der Waals surface area (Å²) in [5, 5.41) is 29.0. The first-order chi connectivity index (χ1) is 9.28. The van der Waals surface area contributed by atoms with Gasteiger partial charge in [-0.3, -0.25) is 0 Å². The number of rotatable bonds is 2. The van der Waals surface area contributed by atoms with Crippen LogP contribution >= 0.6 is 22.9 Å². The molecule has 1 N–H and O–H groups in total. The third-order valence-electron chi connectivity index (χ3n) is 2.37. The van der Waals surface area contributed by atoms with Crippen LogP contribution in [0.5, 0.6) is 0 Å². The summed E-state index contributed by atoms with van der Waals surface area (Å²) in [6.45, 7) is 0. The molecule has 0 aliphatic rings. The van der Waals surface area contributed by atoms with Gasteiger partial charge in [-0.25, -0.2) is 0 Å². The van der Waals surface area contributed by atoms with Crippen molar-refractivity contribution in [3.63, 3.8) is 0 Å². The number of nitrogens with zero attached hydrogens (tertiary/aromatic N) is 5. The lowest BCUT2D eigenvalue weighted by molar-refractivity contribution is 0.935. The second-order valence-corrected chi connectivity index (χ2v) is 4.97. The van der Waals surface area contributed by atoms with Crippen molar-refractivity contribution in [2.24, 2.45) is 0 Å². The molecule has 0 unspecified atom stereocenters. The predicted molar refractivity (Wildman–Crippen MR) is 70.4 cm³/mol. The highest BCUT2D eigenvalue weighted by molar-refractivity contribution is 7.17. The van der Waals surface area contributed by atoms with E-state index in [-0.39, 0.29) is 5.69 Å². The van der Waals surface area contributed by atoms with Gasteiger partial charge in [0, 0.05) is 10.6 Å². The Hall–Kier alpha value is -2.30. The first kappa shape index (κ1) is 11.8. The third-order valence-corrected chi connectivity index (χ3v) is 3.60. The van der Waals surface area contributed by atoms with Crippen molar-refractivity contribution in [3.8, 4) is 27.3 Å². The summed E-state index contributed by atoms with van der Waals surface area (Å²) in [5.74, 6) is 0. The molecule has 0 spiro atoms. The summed E-state index contributed by atoms with van der Waals surface area (Å²) in [5.41, 5.74) is 1.54. The lowest BCUT2D eigenvalue weighted by atomic mass is 10.2. The number of aromatic amines is 1. The molecule has 0 saturated carbocycles. The Morgan fingerprint density at radius 3 is 2.58 bits per heavy atom. The van der Waals surface area contributed by atoms with Gasteiger partial charge in [-0.2, -0.15) is 15.6 Å². The quantitative estimate of drug-likeness (QED) is 0.782. The molecule has 0 radical (unpaired) electrons. The minimum absolute atomic E-state index is 0.207. The van der Waals surface area contributed by atoms with Crippen LogP contribution in [0.15, 0.2) is 24.3 Å². The fourth-order valence-electron chi connectivity index (χ4n) is 1.49. The topological polar surface area (TPSA) is 91.1 Å². The number of nitriles is 1. The maximum absolute atomic E-state index is 8.89. The summed E-state index contributed by atoms with van der Waals surface area (Å²) in [6.07, 6.45) is 0. The predicted octanol–water partition coefficient (Wildman–Crippen LogP) is 2.52. The highest BCUT2D eigenvalue weighted by Crippen LogP contribution is 2.30. The van der Waals surface area contributed by atoms with Gasteiger partial charge in [0.2, 0.25) is 0 Å². The van der Waals surface area contributed by atoms with Crippen LogP contribution in [-0.4, -0.2) is 25.6 Å². The van der Waals surface area contributed by atoms with Crippen molar-refractivity contribution in [2.75, 3.05) is 0 Å². The molecule has 0 fully saturated rings. The second-order valence-electron chi connectivity index (χ2n) is 3.55. The molecule has 6 nitrogen and oxygen atoms in total. The molecule has 0 amide bonds. The number of benzene rings is 1. The van der Waals surface area contributed by atoms with Crippen molar-refractivity contribution < 1.29 is 0 Å². The minimum Gasteiger partial charge on any atom is -0.196 e. The number of nitrogens with one attached hydrogen (secondary N) is 1. The molecule has 8 heteroatoms. The monoisotopic (exact) mass is 288 g/mol. The third kappa shape index (κ3) is 2.19. The van der Waals surface area contributed by atoms with Gasteiger partial charge in [0.15, 0.2) is 16.4 Å². The average Bonchev–Trinajstić information content (AvgIpc) is 3.07.